The fraction of sp³-hybridized carbons (Fsp3) is 0.842. The lowest BCUT2D eigenvalue weighted by atomic mass is 9.93. The molecule has 29 heavy (non-hydrogen) atoms. The van der Waals surface area contributed by atoms with E-state index < -0.39 is 43.9 Å². The van der Waals surface area contributed by atoms with Gasteiger partial charge in [0.15, 0.2) is 5.79 Å². The molecular formula is C19H30Br2O8. The molecular weight excluding hydrogens is 516 g/mol. The number of carbonyl (C=O) groups excluding carboxylic acids is 3. The minimum atomic E-state index is -1.39. The second-order valence-corrected chi connectivity index (χ2v) is 12.7. The van der Waals surface area contributed by atoms with Gasteiger partial charge in [-0.3, -0.25) is 14.4 Å². The average molecular weight is 546 g/mol. The van der Waals surface area contributed by atoms with Gasteiger partial charge in [-0.2, -0.15) is 0 Å². The Hall–Kier alpha value is -0.710. The Bertz CT molecular complexity index is 589. The van der Waals surface area contributed by atoms with Crippen molar-refractivity contribution in [1.82, 2.24) is 0 Å². The van der Waals surface area contributed by atoms with Crippen molar-refractivity contribution in [3.05, 3.63) is 0 Å². The van der Waals surface area contributed by atoms with Crippen LogP contribution in [0.15, 0.2) is 0 Å². The number of alkyl halides is 2. The highest BCUT2D eigenvalue weighted by atomic mass is 79.9. The lowest BCUT2D eigenvalue weighted by molar-refractivity contribution is -0.177. The van der Waals surface area contributed by atoms with E-state index in [1.54, 1.807) is 41.5 Å². The fourth-order valence-corrected chi connectivity index (χ4v) is 2.37. The number of esters is 3. The van der Waals surface area contributed by atoms with Crippen LogP contribution in [0.1, 0.15) is 48.5 Å². The summed E-state index contributed by atoms with van der Waals surface area (Å²) in [6.07, 6.45) is -0.411. The topological polar surface area (TPSA) is 97.4 Å². The number of carbonyl (C=O) groups is 3. The summed E-state index contributed by atoms with van der Waals surface area (Å²) >= 11 is 6.42. The van der Waals surface area contributed by atoms with Crippen molar-refractivity contribution >= 4 is 49.8 Å². The number of halogens is 2. The van der Waals surface area contributed by atoms with Crippen LogP contribution in [0, 0.1) is 5.41 Å². The molecule has 10 heteroatoms. The summed E-state index contributed by atoms with van der Waals surface area (Å²) in [5.74, 6) is -2.53. The Morgan fingerprint density at radius 1 is 0.897 bits per heavy atom. The van der Waals surface area contributed by atoms with Gasteiger partial charge in [0, 0.05) is 0 Å². The molecule has 0 aromatic carbocycles. The Kier molecular flexibility index (Phi) is 8.73. The first kappa shape index (κ1) is 26.3. The Balaban J connectivity index is 2.80. The van der Waals surface area contributed by atoms with Crippen LogP contribution in [0.5, 0.6) is 0 Å². The molecule has 0 saturated carbocycles. The van der Waals surface area contributed by atoms with Gasteiger partial charge in [0.1, 0.15) is 40.0 Å². The Morgan fingerprint density at radius 2 is 1.34 bits per heavy atom. The first-order valence-electron chi connectivity index (χ1n) is 9.17. The quantitative estimate of drug-likeness (QED) is 0.247. The fourth-order valence-electron chi connectivity index (χ4n) is 2.14. The van der Waals surface area contributed by atoms with Gasteiger partial charge in [-0.1, -0.05) is 31.9 Å². The molecule has 168 valence electrons. The third kappa shape index (κ3) is 8.51. The number of ether oxygens (including phenoxy) is 5. The average Bonchev–Trinajstić information content (AvgIpc) is 2.92. The highest BCUT2D eigenvalue weighted by Gasteiger charge is 2.42. The van der Waals surface area contributed by atoms with Gasteiger partial charge in [-0.25, -0.2) is 0 Å². The van der Waals surface area contributed by atoms with Crippen molar-refractivity contribution in [3.8, 4) is 0 Å². The molecule has 1 aliphatic heterocycles. The Morgan fingerprint density at radius 3 is 1.69 bits per heavy atom. The van der Waals surface area contributed by atoms with Gasteiger partial charge in [0.2, 0.25) is 0 Å². The van der Waals surface area contributed by atoms with Gasteiger partial charge in [0.25, 0.3) is 0 Å². The molecule has 1 saturated heterocycles. The maximum Gasteiger partial charge on any atom is 0.322 e. The first-order chi connectivity index (χ1) is 13.0. The maximum atomic E-state index is 12.8. The normalized spacial score (nSPS) is 19.6. The summed E-state index contributed by atoms with van der Waals surface area (Å²) in [7, 11) is 0. The van der Waals surface area contributed by atoms with Crippen molar-refractivity contribution in [2.45, 2.75) is 69.0 Å². The number of hydrogen-bond acceptors (Lipinski definition) is 8. The standard InChI is InChI=1S/C19H30Br2O8/c1-16(2,20)13(22)26-10-19(7,11-27-14(23)17(3,4)21)15(24)25-8-12-9-28-18(5,6)29-12/h12H,8-11H2,1-7H3. The molecule has 0 aromatic heterocycles. The van der Waals surface area contributed by atoms with Crippen molar-refractivity contribution in [2.24, 2.45) is 5.41 Å². The van der Waals surface area contributed by atoms with E-state index in [1.807, 2.05) is 0 Å². The largest absolute Gasteiger partial charge is 0.463 e. The second-order valence-electron chi connectivity index (χ2n) is 8.71. The van der Waals surface area contributed by atoms with E-state index in [0.29, 0.717) is 0 Å². The summed E-state index contributed by atoms with van der Waals surface area (Å²) < 4.78 is 25.1. The van der Waals surface area contributed by atoms with Crippen molar-refractivity contribution in [3.63, 3.8) is 0 Å². The molecule has 0 aromatic rings. The minimum Gasteiger partial charge on any atom is -0.463 e. The van der Waals surface area contributed by atoms with E-state index in [0.717, 1.165) is 0 Å². The van der Waals surface area contributed by atoms with Gasteiger partial charge in [-0.05, 0) is 48.5 Å². The zero-order chi connectivity index (χ0) is 22.7. The van der Waals surface area contributed by atoms with Crippen LogP contribution >= 0.6 is 31.9 Å². The molecule has 0 amide bonds. The zero-order valence-corrected chi connectivity index (χ0v) is 21.1. The molecule has 0 spiro atoms. The van der Waals surface area contributed by atoms with Crippen molar-refractivity contribution < 1.29 is 38.1 Å². The summed E-state index contributed by atoms with van der Waals surface area (Å²) in [5, 5.41) is 0. The highest BCUT2D eigenvalue weighted by Crippen LogP contribution is 2.27. The van der Waals surface area contributed by atoms with E-state index in [-0.39, 0.29) is 26.4 Å². The third-order valence-corrected chi connectivity index (χ3v) is 4.62. The van der Waals surface area contributed by atoms with Crippen LogP contribution in [-0.2, 0) is 38.1 Å². The summed E-state index contributed by atoms with van der Waals surface area (Å²) in [5.41, 5.74) is -1.39. The molecule has 0 radical (unpaired) electrons. The van der Waals surface area contributed by atoms with Crippen LogP contribution in [0.2, 0.25) is 0 Å². The smallest absolute Gasteiger partial charge is 0.322 e. The molecule has 1 heterocycles. The lowest BCUT2D eigenvalue weighted by Gasteiger charge is -2.29. The number of rotatable bonds is 9. The van der Waals surface area contributed by atoms with E-state index in [2.05, 4.69) is 31.9 Å². The van der Waals surface area contributed by atoms with Crippen molar-refractivity contribution in [2.75, 3.05) is 26.4 Å². The SMILES string of the molecule is CC1(C)OCC(COC(=O)C(C)(COC(=O)C(C)(C)Br)COC(=O)C(C)(C)Br)O1. The molecule has 1 fully saturated rings. The maximum absolute atomic E-state index is 12.8. The van der Waals surface area contributed by atoms with Crippen molar-refractivity contribution in [1.29, 1.82) is 0 Å². The van der Waals surface area contributed by atoms with Gasteiger partial charge in [0.05, 0.1) is 6.61 Å². The van der Waals surface area contributed by atoms with Crippen LogP contribution in [-0.4, -0.2) is 64.9 Å². The van der Waals surface area contributed by atoms with Gasteiger partial charge in [-0.15, -0.1) is 0 Å². The van der Waals surface area contributed by atoms with Crippen LogP contribution in [0.25, 0.3) is 0 Å². The molecule has 0 bridgehead atoms. The Labute approximate surface area is 188 Å². The third-order valence-electron chi connectivity index (χ3n) is 3.97. The highest BCUT2D eigenvalue weighted by molar-refractivity contribution is 9.10. The first-order valence-corrected chi connectivity index (χ1v) is 10.8. The lowest BCUT2D eigenvalue weighted by Crippen LogP contribution is -2.44. The molecule has 1 aliphatic rings. The van der Waals surface area contributed by atoms with Gasteiger partial charge < -0.3 is 23.7 Å². The molecule has 1 atom stereocenters. The van der Waals surface area contributed by atoms with E-state index in [9.17, 15) is 14.4 Å². The summed E-state index contributed by atoms with van der Waals surface area (Å²) in [4.78, 5) is 37.0. The van der Waals surface area contributed by atoms with E-state index in [1.165, 1.54) is 6.92 Å². The molecule has 0 aliphatic carbocycles. The number of hydrogen-bond donors (Lipinski definition) is 0. The van der Waals surface area contributed by atoms with Crippen LogP contribution in [0.4, 0.5) is 0 Å². The van der Waals surface area contributed by atoms with Crippen LogP contribution < -0.4 is 0 Å². The summed E-state index contributed by atoms with van der Waals surface area (Å²) in [6, 6.07) is 0. The monoisotopic (exact) mass is 544 g/mol. The predicted octanol–water partition coefficient (Wildman–Crippen LogP) is 3.12. The zero-order valence-electron chi connectivity index (χ0n) is 17.9. The van der Waals surface area contributed by atoms with E-state index in [4.69, 9.17) is 23.7 Å². The molecule has 0 N–H and O–H groups in total. The van der Waals surface area contributed by atoms with Gasteiger partial charge >= 0.3 is 17.9 Å². The molecule has 1 rings (SSSR count). The molecule has 8 nitrogen and oxygen atoms in total. The molecule has 1 unspecified atom stereocenters. The summed E-state index contributed by atoms with van der Waals surface area (Å²) in [6.45, 7) is 11.2. The van der Waals surface area contributed by atoms with Crippen LogP contribution in [0.3, 0.4) is 0 Å². The predicted molar refractivity (Wildman–Crippen MR) is 112 cm³/mol. The minimum absolute atomic E-state index is 0.0341. The van der Waals surface area contributed by atoms with E-state index >= 15 is 0 Å². The second kappa shape index (κ2) is 9.62.